The Kier molecular flexibility index (Phi) is 6.14. The summed E-state index contributed by atoms with van der Waals surface area (Å²) in [4.78, 5) is 17.5. The molecular formula is C23H34N4O3S. The van der Waals surface area contributed by atoms with Crippen molar-refractivity contribution in [3.63, 3.8) is 0 Å². The molecule has 1 N–H and O–H groups in total. The third-order valence-electron chi connectivity index (χ3n) is 7.29. The average Bonchev–Trinajstić information content (AvgIpc) is 3.45. The summed E-state index contributed by atoms with van der Waals surface area (Å²) in [6.07, 6.45) is 6.21. The predicted molar refractivity (Wildman–Crippen MR) is 121 cm³/mol. The molecule has 2 saturated carbocycles. The maximum atomic E-state index is 12.6. The lowest BCUT2D eigenvalue weighted by Crippen LogP contribution is -2.40. The summed E-state index contributed by atoms with van der Waals surface area (Å²) in [5.74, 6) is 3.18. The maximum absolute atomic E-state index is 12.6. The van der Waals surface area contributed by atoms with Gasteiger partial charge in [0.15, 0.2) is 0 Å². The molecule has 0 radical (unpaired) electrons. The number of carbonyl (C=O) groups is 1. The monoisotopic (exact) mass is 446 g/mol. The molecule has 1 amide bonds. The number of carbonyl (C=O) groups excluding carboxylic acids is 1. The third-order valence-corrected chi connectivity index (χ3v) is 9.10. The summed E-state index contributed by atoms with van der Waals surface area (Å²) in [6.45, 7) is 4.90. The number of fused-ring (bicyclic) bond motifs is 3. The van der Waals surface area contributed by atoms with E-state index in [0.29, 0.717) is 24.3 Å². The summed E-state index contributed by atoms with van der Waals surface area (Å²) >= 11 is 0. The van der Waals surface area contributed by atoms with Crippen LogP contribution >= 0.6 is 0 Å². The highest BCUT2D eigenvalue weighted by atomic mass is 32.2. The third kappa shape index (κ3) is 4.24. The summed E-state index contributed by atoms with van der Waals surface area (Å²) < 4.78 is 28.2. The molecule has 2 aliphatic carbocycles. The molecule has 7 nitrogen and oxygen atoms in total. The number of hydrogen-bond donors (Lipinski definition) is 1. The summed E-state index contributed by atoms with van der Waals surface area (Å²) in [7, 11) is -0.470. The van der Waals surface area contributed by atoms with Gasteiger partial charge in [-0.15, -0.1) is 0 Å². The van der Waals surface area contributed by atoms with Gasteiger partial charge in [-0.3, -0.25) is 4.79 Å². The number of nitrogens with zero attached hydrogens (tertiary/aromatic N) is 3. The van der Waals surface area contributed by atoms with Crippen molar-refractivity contribution >= 4 is 27.0 Å². The van der Waals surface area contributed by atoms with Crippen molar-refractivity contribution in [2.75, 3.05) is 14.1 Å². The molecule has 8 heteroatoms. The fraction of sp³-hybridized carbons (Fsp3) is 0.652. The molecule has 2 aromatic rings. The molecular weight excluding hydrogens is 412 g/mol. The van der Waals surface area contributed by atoms with Crippen LogP contribution < -0.4 is 5.32 Å². The first-order chi connectivity index (χ1) is 14.7. The first-order valence-corrected chi connectivity index (χ1v) is 12.9. The van der Waals surface area contributed by atoms with Gasteiger partial charge in [0.25, 0.3) is 0 Å². The molecule has 0 spiro atoms. The van der Waals surface area contributed by atoms with Gasteiger partial charge < -0.3 is 9.88 Å². The Labute approximate surface area is 185 Å². The van der Waals surface area contributed by atoms with E-state index in [-0.39, 0.29) is 16.8 Å². The number of sulfonamides is 1. The number of amides is 1. The fourth-order valence-electron chi connectivity index (χ4n) is 5.64. The van der Waals surface area contributed by atoms with Gasteiger partial charge in [0.05, 0.1) is 15.9 Å². The molecule has 2 fully saturated rings. The van der Waals surface area contributed by atoms with Gasteiger partial charge >= 0.3 is 0 Å². The highest BCUT2D eigenvalue weighted by molar-refractivity contribution is 7.89. The number of nitrogens with one attached hydrogen (secondary N) is 1. The van der Waals surface area contributed by atoms with Crippen LogP contribution in [0.25, 0.3) is 11.0 Å². The molecule has 2 aliphatic rings. The maximum Gasteiger partial charge on any atom is 0.242 e. The number of aromatic nitrogens is 2. The Balaban J connectivity index is 1.44. The Morgan fingerprint density at radius 3 is 2.68 bits per heavy atom. The topological polar surface area (TPSA) is 84.3 Å². The van der Waals surface area contributed by atoms with Gasteiger partial charge in [0.2, 0.25) is 15.9 Å². The quantitative estimate of drug-likeness (QED) is 0.675. The number of rotatable bonds is 8. The van der Waals surface area contributed by atoms with Gasteiger partial charge in [-0.2, -0.15) is 0 Å². The lowest BCUT2D eigenvalue weighted by molar-refractivity contribution is -0.122. The van der Waals surface area contributed by atoms with Gasteiger partial charge in [-0.1, -0.05) is 6.42 Å². The second kappa shape index (κ2) is 8.54. The van der Waals surface area contributed by atoms with Crippen molar-refractivity contribution in [2.24, 2.45) is 17.8 Å². The standard InChI is InChI=1S/C23H34N4O3S/c1-5-27-21-9-8-18(31(29,30)26(3)4)14-20(21)25-22(27)10-11-23(28)24-15(2)19-13-16-6-7-17(19)12-16/h8-9,14-17,19H,5-7,10-13H2,1-4H3,(H,24,28). The van der Waals surface area contributed by atoms with Crippen molar-refractivity contribution in [2.45, 2.75) is 69.9 Å². The molecule has 170 valence electrons. The van der Waals surface area contributed by atoms with Gasteiger partial charge in [0, 0.05) is 39.5 Å². The number of imidazole rings is 1. The lowest BCUT2D eigenvalue weighted by atomic mass is 9.84. The molecule has 0 aliphatic heterocycles. The highest BCUT2D eigenvalue weighted by Crippen LogP contribution is 2.49. The van der Waals surface area contributed by atoms with Crippen LogP contribution in [0.1, 0.15) is 51.8 Å². The first kappa shape index (κ1) is 22.3. The van der Waals surface area contributed by atoms with E-state index in [1.54, 1.807) is 12.1 Å². The lowest BCUT2D eigenvalue weighted by Gasteiger charge is -2.28. The van der Waals surface area contributed by atoms with Gasteiger partial charge in [-0.25, -0.2) is 17.7 Å². The molecule has 4 atom stereocenters. The normalized spacial score (nSPS) is 24.2. The molecule has 2 bridgehead atoms. The number of benzene rings is 1. The zero-order valence-electron chi connectivity index (χ0n) is 19.0. The summed E-state index contributed by atoms with van der Waals surface area (Å²) in [5.41, 5.74) is 1.54. The molecule has 4 unspecified atom stereocenters. The smallest absolute Gasteiger partial charge is 0.242 e. The Hall–Kier alpha value is -1.93. The predicted octanol–water partition coefficient (Wildman–Crippen LogP) is 3.18. The van der Waals surface area contributed by atoms with Gasteiger partial charge in [-0.05, 0) is 69.1 Å². The minimum absolute atomic E-state index is 0.0702. The zero-order valence-corrected chi connectivity index (χ0v) is 19.8. The van der Waals surface area contributed by atoms with E-state index in [2.05, 4.69) is 21.8 Å². The molecule has 0 saturated heterocycles. The number of aryl methyl sites for hydroxylation is 2. The Morgan fingerprint density at radius 1 is 1.29 bits per heavy atom. The van der Waals surface area contributed by atoms with Crippen LogP contribution in [-0.4, -0.2) is 48.3 Å². The van der Waals surface area contributed by atoms with Crippen LogP contribution in [0, 0.1) is 17.8 Å². The molecule has 1 aromatic carbocycles. The van der Waals surface area contributed by atoms with E-state index in [0.717, 1.165) is 29.7 Å². The van der Waals surface area contributed by atoms with Crippen molar-refractivity contribution in [3.8, 4) is 0 Å². The van der Waals surface area contributed by atoms with E-state index in [4.69, 9.17) is 0 Å². The van der Waals surface area contributed by atoms with E-state index >= 15 is 0 Å². The van der Waals surface area contributed by atoms with Crippen LogP contribution in [0.4, 0.5) is 0 Å². The van der Waals surface area contributed by atoms with Crippen LogP contribution in [-0.2, 0) is 27.8 Å². The summed E-state index contributed by atoms with van der Waals surface area (Å²) in [6, 6.07) is 5.28. The fourth-order valence-corrected chi connectivity index (χ4v) is 6.56. The van der Waals surface area contributed by atoms with E-state index in [1.165, 1.54) is 44.1 Å². The second-order valence-electron chi connectivity index (χ2n) is 9.41. The molecule has 4 rings (SSSR count). The SMILES string of the molecule is CCn1c(CCC(=O)NC(C)C2CC3CCC2C3)nc2cc(S(=O)(=O)N(C)C)ccc21. The molecule has 1 heterocycles. The molecule has 31 heavy (non-hydrogen) atoms. The second-order valence-corrected chi connectivity index (χ2v) is 11.6. The minimum Gasteiger partial charge on any atom is -0.353 e. The van der Waals surface area contributed by atoms with Gasteiger partial charge in [0.1, 0.15) is 5.82 Å². The van der Waals surface area contributed by atoms with E-state index in [9.17, 15) is 13.2 Å². The van der Waals surface area contributed by atoms with Crippen molar-refractivity contribution in [3.05, 3.63) is 24.0 Å². The first-order valence-electron chi connectivity index (χ1n) is 11.4. The van der Waals surface area contributed by atoms with Crippen LogP contribution in [0.5, 0.6) is 0 Å². The Bertz CT molecular complexity index is 1080. The Morgan fingerprint density at radius 2 is 2.06 bits per heavy atom. The number of hydrogen-bond acceptors (Lipinski definition) is 4. The van der Waals surface area contributed by atoms with E-state index < -0.39 is 10.0 Å². The van der Waals surface area contributed by atoms with Crippen molar-refractivity contribution < 1.29 is 13.2 Å². The minimum atomic E-state index is -3.51. The summed E-state index contributed by atoms with van der Waals surface area (Å²) in [5, 5.41) is 3.23. The van der Waals surface area contributed by atoms with Crippen molar-refractivity contribution in [1.29, 1.82) is 0 Å². The largest absolute Gasteiger partial charge is 0.353 e. The van der Waals surface area contributed by atoms with Crippen LogP contribution in [0.15, 0.2) is 23.1 Å². The zero-order chi connectivity index (χ0) is 22.3. The van der Waals surface area contributed by atoms with Crippen LogP contribution in [0.2, 0.25) is 0 Å². The highest BCUT2D eigenvalue weighted by Gasteiger charge is 2.42. The average molecular weight is 447 g/mol. The van der Waals surface area contributed by atoms with E-state index in [1.807, 2.05) is 13.0 Å². The molecule has 1 aromatic heterocycles. The van der Waals surface area contributed by atoms with Crippen molar-refractivity contribution in [1.82, 2.24) is 19.2 Å². The van der Waals surface area contributed by atoms with Crippen LogP contribution in [0.3, 0.4) is 0 Å².